The van der Waals surface area contributed by atoms with Crippen LogP contribution in [0.2, 0.25) is 0 Å². The molecule has 1 fully saturated rings. The van der Waals surface area contributed by atoms with E-state index >= 15 is 0 Å². The van der Waals surface area contributed by atoms with Gasteiger partial charge in [-0.05, 0) is 17.8 Å². The van der Waals surface area contributed by atoms with Gasteiger partial charge >= 0.3 is 5.97 Å². The highest BCUT2D eigenvalue weighted by molar-refractivity contribution is 5.74. The van der Waals surface area contributed by atoms with Crippen molar-refractivity contribution < 1.29 is 9.90 Å². The van der Waals surface area contributed by atoms with Gasteiger partial charge < -0.3 is 5.11 Å². The Labute approximate surface area is 92.5 Å². The van der Waals surface area contributed by atoms with Crippen molar-refractivity contribution >= 4 is 5.97 Å². The average molecular weight is 213 g/mol. The fraction of sp³-hybridized carbons (Fsp3) is 0.917. The van der Waals surface area contributed by atoms with Crippen LogP contribution >= 0.6 is 0 Å². The number of carbonyl (C=O) groups is 1. The standard InChI is InChI=1S/C12H23NO2/c1-5-6-9-7-13(8-9)10(11(14)15)12(2,3)4/h9-10H,5-8H2,1-4H3,(H,14,15). The molecule has 0 aromatic rings. The Bertz CT molecular complexity index is 226. The van der Waals surface area contributed by atoms with Crippen LogP contribution in [-0.2, 0) is 4.79 Å². The Morgan fingerprint density at radius 1 is 1.47 bits per heavy atom. The maximum atomic E-state index is 11.2. The molecule has 1 heterocycles. The zero-order chi connectivity index (χ0) is 11.6. The first-order valence-corrected chi connectivity index (χ1v) is 5.83. The second-order valence-electron chi connectivity index (χ2n) is 5.72. The van der Waals surface area contributed by atoms with Crippen molar-refractivity contribution in [2.45, 2.75) is 46.6 Å². The predicted molar refractivity (Wildman–Crippen MR) is 60.8 cm³/mol. The summed E-state index contributed by atoms with van der Waals surface area (Å²) in [6.07, 6.45) is 2.43. The van der Waals surface area contributed by atoms with Crippen LogP contribution in [0.5, 0.6) is 0 Å². The molecule has 1 saturated heterocycles. The lowest BCUT2D eigenvalue weighted by molar-refractivity contribution is -0.152. The zero-order valence-corrected chi connectivity index (χ0v) is 10.3. The van der Waals surface area contributed by atoms with Gasteiger partial charge in [-0.15, -0.1) is 0 Å². The molecule has 1 N–H and O–H groups in total. The summed E-state index contributed by atoms with van der Waals surface area (Å²) < 4.78 is 0. The lowest BCUT2D eigenvalue weighted by Gasteiger charge is -2.47. The van der Waals surface area contributed by atoms with E-state index in [9.17, 15) is 9.90 Å². The van der Waals surface area contributed by atoms with Crippen LogP contribution in [0, 0.1) is 11.3 Å². The first-order chi connectivity index (χ1) is 6.86. The topological polar surface area (TPSA) is 40.5 Å². The summed E-state index contributed by atoms with van der Waals surface area (Å²) in [6.45, 7) is 10.1. The van der Waals surface area contributed by atoms with Crippen LogP contribution in [0.1, 0.15) is 40.5 Å². The minimum Gasteiger partial charge on any atom is -0.480 e. The second kappa shape index (κ2) is 4.52. The molecule has 0 amide bonds. The SMILES string of the molecule is CCCC1CN(C(C(=O)O)C(C)(C)C)C1. The van der Waals surface area contributed by atoms with Gasteiger partial charge in [0.1, 0.15) is 6.04 Å². The van der Waals surface area contributed by atoms with Gasteiger partial charge in [-0.2, -0.15) is 0 Å². The molecule has 15 heavy (non-hydrogen) atoms. The molecule has 0 aliphatic carbocycles. The molecule has 1 aliphatic heterocycles. The van der Waals surface area contributed by atoms with Crippen molar-refractivity contribution in [1.82, 2.24) is 4.90 Å². The van der Waals surface area contributed by atoms with Gasteiger partial charge in [0.2, 0.25) is 0 Å². The van der Waals surface area contributed by atoms with Gasteiger partial charge in [-0.25, -0.2) is 0 Å². The van der Waals surface area contributed by atoms with Crippen LogP contribution in [0.3, 0.4) is 0 Å². The molecule has 88 valence electrons. The maximum Gasteiger partial charge on any atom is 0.321 e. The van der Waals surface area contributed by atoms with E-state index in [4.69, 9.17) is 0 Å². The highest BCUT2D eigenvalue weighted by atomic mass is 16.4. The quantitative estimate of drug-likeness (QED) is 0.778. The van der Waals surface area contributed by atoms with Crippen molar-refractivity contribution in [2.75, 3.05) is 13.1 Å². The summed E-state index contributed by atoms with van der Waals surface area (Å²) in [5.41, 5.74) is -0.178. The van der Waals surface area contributed by atoms with Crippen molar-refractivity contribution in [3.8, 4) is 0 Å². The van der Waals surface area contributed by atoms with Crippen LogP contribution in [0.4, 0.5) is 0 Å². The van der Waals surface area contributed by atoms with Crippen LogP contribution < -0.4 is 0 Å². The van der Waals surface area contributed by atoms with Gasteiger partial charge in [-0.3, -0.25) is 9.69 Å². The molecule has 0 spiro atoms. The molecular weight excluding hydrogens is 190 g/mol. The molecular formula is C12H23NO2. The van der Waals surface area contributed by atoms with Gasteiger partial charge in [0, 0.05) is 13.1 Å². The van der Waals surface area contributed by atoms with E-state index in [0.717, 1.165) is 19.0 Å². The molecule has 0 aromatic heterocycles. The summed E-state index contributed by atoms with van der Waals surface area (Å²) in [4.78, 5) is 13.3. The minimum absolute atomic E-state index is 0.178. The van der Waals surface area contributed by atoms with Crippen molar-refractivity contribution in [3.63, 3.8) is 0 Å². The summed E-state index contributed by atoms with van der Waals surface area (Å²) in [5.74, 6) is 0.0386. The van der Waals surface area contributed by atoms with E-state index in [2.05, 4.69) is 11.8 Å². The maximum absolute atomic E-state index is 11.2. The number of hydrogen-bond acceptors (Lipinski definition) is 2. The van der Waals surface area contributed by atoms with Crippen molar-refractivity contribution in [1.29, 1.82) is 0 Å². The molecule has 0 bridgehead atoms. The van der Waals surface area contributed by atoms with E-state index in [1.54, 1.807) is 0 Å². The van der Waals surface area contributed by atoms with E-state index in [-0.39, 0.29) is 11.5 Å². The third-order valence-corrected chi connectivity index (χ3v) is 3.10. The highest BCUT2D eigenvalue weighted by Crippen LogP contribution is 2.31. The molecule has 3 heteroatoms. The number of nitrogens with zero attached hydrogens (tertiary/aromatic N) is 1. The number of likely N-dealkylation sites (tertiary alicyclic amines) is 1. The monoisotopic (exact) mass is 213 g/mol. The van der Waals surface area contributed by atoms with E-state index in [1.165, 1.54) is 12.8 Å². The fourth-order valence-electron chi connectivity index (χ4n) is 2.49. The van der Waals surface area contributed by atoms with Crippen LogP contribution in [0.25, 0.3) is 0 Å². The Morgan fingerprint density at radius 3 is 2.33 bits per heavy atom. The van der Waals surface area contributed by atoms with Crippen molar-refractivity contribution in [3.05, 3.63) is 0 Å². The summed E-state index contributed by atoms with van der Waals surface area (Å²) in [6, 6.07) is -0.328. The van der Waals surface area contributed by atoms with E-state index in [0.29, 0.717) is 0 Å². The number of aliphatic carboxylic acids is 1. The molecule has 0 saturated carbocycles. The lowest BCUT2D eigenvalue weighted by atomic mass is 9.81. The lowest BCUT2D eigenvalue weighted by Crippen LogP contribution is -2.59. The normalized spacial score (nSPS) is 21.1. The molecule has 0 radical (unpaired) electrons. The predicted octanol–water partition coefficient (Wildman–Crippen LogP) is 2.22. The van der Waals surface area contributed by atoms with E-state index < -0.39 is 5.97 Å². The van der Waals surface area contributed by atoms with Gasteiger partial charge in [0.25, 0.3) is 0 Å². The first-order valence-electron chi connectivity index (χ1n) is 5.83. The van der Waals surface area contributed by atoms with Crippen LogP contribution in [0.15, 0.2) is 0 Å². The average Bonchev–Trinajstić information content (AvgIpc) is 1.97. The summed E-state index contributed by atoms with van der Waals surface area (Å²) in [7, 11) is 0. The van der Waals surface area contributed by atoms with Crippen molar-refractivity contribution in [2.24, 2.45) is 11.3 Å². The van der Waals surface area contributed by atoms with Crippen LogP contribution in [-0.4, -0.2) is 35.1 Å². The molecule has 1 unspecified atom stereocenters. The minimum atomic E-state index is -0.683. The van der Waals surface area contributed by atoms with E-state index in [1.807, 2.05) is 20.8 Å². The third kappa shape index (κ3) is 2.94. The summed E-state index contributed by atoms with van der Waals surface area (Å²) in [5, 5.41) is 9.22. The Morgan fingerprint density at radius 2 is 2.00 bits per heavy atom. The zero-order valence-electron chi connectivity index (χ0n) is 10.3. The van der Waals surface area contributed by atoms with Gasteiger partial charge in [0.05, 0.1) is 0 Å². The largest absolute Gasteiger partial charge is 0.480 e. The molecule has 1 atom stereocenters. The Balaban J connectivity index is 2.52. The smallest absolute Gasteiger partial charge is 0.321 e. The third-order valence-electron chi connectivity index (χ3n) is 3.10. The van der Waals surface area contributed by atoms with Gasteiger partial charge in [0.15, 0.2) is 0 Å². The molecule has 3 nitrogen and oxygen atoms in total. The summed E-state index contributed by atoms with van der Waals surface area (Å²) >= 11 is 0. The molecule has 0 aromatic carbocycles. The number of carboxylic acid groups (broad SMARTS) is 1. The number of rotatable bonds is 4. The number of hydrogen-bond donors (Lipinski definition) is 1. The second-order valence-corrected chi connectivity index (χ2v) is 5.72. The first kappa shape index (κ1) is 12.5. The molecule has 1 rings (SSSR count). The Kier molecular flexibility index (Phi) is 3.77. The fourth-order valence-corrected chi connectivity index (χ4v) is 2.49. The Hall–Kier alpha value is -0.570. The highest BCUT2D eigenvalue weighted by Gasteiger charge is 2.41. The van der Waals surface area contributed by atoms with Gasteiger partial charge in [-0.1, -0.05) is 34.1 Å². The molecule has 1 aliphatic rings. The number of carboxylic acids is 1.